The van der Waals surface area contributed by atoms with Gasteiger partial charge in [0.05, 0.1) is 6.61 Å². The number of carbonyl (C=O) groups excluding carboxylic acids is 3. The monoisotopic (exact) mass is 503 g/mol. The molecule has 1 rings (SSSR count). The Bertz CT molecular complexity index is 886. The van der Waals surface area contributed by atoms with Crippen LogP contribution in [0.5, 0.6) is 0 Å². The van der Waals surface area contributed by atoms with E-state index < -0.39 is 41.8 Å². The Morgan fingerprint density at radius 3 is 2.31 bits per heavy atom. The molecule has 8 heteroatoms. The molecule has 0 saturated carbocycles. The molecule has 0 aliphatic heterocycles. The Morgan fingerprint density at radius 2 is 1.78 bits per heavy atom. The van der Waals surface area contributed by atoms with Crippen LogP contribution >= 0.6 is 0 Å². The number of amides is 3. The lowest BCUT2D eigenvalue weighted by atomic mass is 9.98. The summed E-state index contributed by atoms with van der Waals surface area (Å²) in [6, 6.07) is 5.06. The van der Waals surface area contributed by atoms with Crippen LogP contribution in [0, 0.1) is 0 Å². The molecule has 202 valence electrons. The lowest BCUT2D eigenvalue weighted by Gasteiger charge is -2.36. The van der Waals surface area contributed by atoms with E-state index in [-0.39, 0.29) is 12.5 Å². The fourth-order valence-corrected chi connectivity index (χ4v) is 3.68. The number of ether oxygens (including phenoxy) is 1. The Morgan fingerprint density at radius 1 is 1.11 bits per heavy atom. The highest BCUT2D eigenvalue weighted by molar-refractivity contribution is 5.92. The summed E-state index contributed by atoms with van der Waals surface area (Å²) >= 11 is 0. The molecule has 36 heavy (non-hydrogen) atoms. The van der Waals surface area contributed by atoms with Crippen molar-refractivity contribution in [2.24, 2.45) is 0 Å². The minimum Gasteiger partial charge on any atom is -0.444 e. The minimum absolute atomic E-state index is 0.284. The number of aliphatic hydroxyl groups excluding tert-OH is 1. The molecule has 2 atom stereocenters. The molecule has 1 aromatic rings. The lowest BCUT2D eigenvalue weighted by molar-refractivity contribution is -0.144. The summed E-state index contributed by atoms with van der Waals surface area (Å²) in [5.74, 6) is -0.903. The Labute approximate surface area is 216 Å². The van der Waals surface area contributed by atoms with Crippen molar-refractivity contribution in [3.63, 3.8) is 0 Å². The molecule has 0 fully saturated rings. The standard InChI is InChI=1S/C28H45N3O5/c1-9-11-12-13-17-31(25(34)22(19-32)29-26(35)36-28(6,7)8)23(24(33)30-27(3,4)5)21-16-14-15-20(10-2)18-21/h10,14-16,18,22-23,32H,2,9,11-13,17,19H2,1,3-8H3,(H,29,35)(H,30,33). The van der Waals surface area contributed by atoms with Gasteiger partial charge in [-0.05, 0) is 65.2 Å². The van der Waals surface area contributed by atoms with Crippen LogP contribution in [0.15, 0.2) is 30.8 Å². The molecule has 3 amide bonds. The van der Waals surface area contributed by atoms with Crippen LogP contribution in [-0.2, 0) is 14.3 Å². The second kappa shape index (κ2) is 14.0. The summed E-state index contributed by atoms with van der Waals surface area (Å²) < 4.78 is 5.28. The number of hydrogen-bond acceptors (Lipinski definition) is 5. The third kappa shape index (κ3) is 10.8. The van der Waals surface area contributed by atoms with Crippen LogP contribution in [-0.4, -0.2) is 58.2 Å². The summed E-state index contributed by atoms with van der Waals surface area (Å²) in [6.07, 6.45) is 4.42. The molecule has 2 unspecified atom stereocenters. The van der Waals surface area contributed by atoms with Gasteiger partial charge in [0.25, 0.3) is 0 Å². The molecule has 3 N–H and O–H groups in total. The molecule has 8 nitrogen and oxygen atoms in total. The van der Waals surface area contributed by atoms with E-state index in [0.29, 0.717) is 12.0 Å². The fourth-order valence-electron chi connectivity index (χ4n) is 3.68. The number of benzene rings is 1. The fraction of sp³-hybridized carbons (Fsp3) is 0.607. The third-order valence-corrected chi connectivity index (χ3v) is 5.23. The molecule has 0 aliphatic carbocycles. The zero-order valence-electron chi connectivity index (χ0n) is 23.0. The first-order valence-electron chi connectivity index (χ1n) is 12.7. The topological polar surface area (TPSA) is 108 Å². The van der Waals surface area contributed by atoms with E-state index in [1.165, 1.54) is 4.90 Å². The average molecular weight is 504 g/mol. The van der Waals surface area contributed by atoms with Crippen molar-refractivity contribution in [2.75, 3.05) is 13.2 Å². The predicted octanol–water partition coefficient (Wildman–Crippen LogP) is 4.58. The van der Waals surface area contributed by atoms with Crippen molar-refractivity contribution in [1.29, 1.82) is 0 Å². The lowest BCUT2D eigenvalue weighted by Crippen LogP contribution is -2.55. The summed E-state index contributed by atoms with van der Waals surface area (Å²) in [6.45, 7) is 16.3. The van der Waals surface area contributed by atoms with Crippen molar-refractivity contribution in [2.45, 2.75) is 97.4 Å². The summed E-state index contributed by atoms with van der Waals surface area (Å²) in [4.78, 5) is 41.2. The van der Waals surface area contributed by atoms with Crippen molar-refractivity contribution >= 4 is 24.0 Å². The van der Waals surface area contributed by atoms with Gasteiger partial charge in [-0.2, -0.15) is 0 Å². The van der Waals surface area contributed by atoms with Crippen LogP contribution in [0.25, 0.3) is 6.08 Å². The Kier molecular flexibility index (Phi) is 12.1. The van der Waals surface area contributed by atoms with E-state index in [9.17, 15) is 19.5 Å². The Hall–Kier alpha value is -2.87. The van der Waals surface area contributed by atoms with Crippen molar-refractivity contribution in [3.05, 3.63) is 42.0 Å². The number of hydrogen-bond donors (Lipinski definition) is 3. The molecule has 0 spiro atoms. The average Bonchev–Trinajstić information content (AvgIpc) is 2.76. The van der Waals surface area contributed by atoms with Gasteiger partial charge in [0.2, 0.25) is 11.8 Å². The molecule has 0 bridgehead atoms. The number of nitrogens with zero attached hydrogens (tertiary/aromatic N) is 1. The number of carbonyl (C=O) groups is 3. The smallest absolute Gasteiger partial charge is 0.408 e. The maximum absolute atomic E-state index is 13.8. The number of alkyl carbamates (subject to hydrolysis) is 1. The quantitative estimate of drug-likeness (QED) is 0.362. The molecule has 0 aromatic heterocycles. The number of nitrogens with one attached hydrogen (secondary N) is 2. The maximum Gasteiger partial charge on any atom is 0.408 e. The Balaban J connectivity index is 3.46. The van der Waals surface area contributed by atoms with Gasteiger partial charge in [0, 0.05) is 12.1 Å². The first-order valence-corrected chi connectivity index (χ1v) is 12.7. The SMILES string of the molecule is C=Cc1cccc(C(C(=O)NC(C)(C)C)N(CCCCCC)C(=O)C(CO)NC(=O)OC(C)(C)C)c1. The van der Waals surface area contributed by atoms with E-state index in [1.807, 2.05) is 39.0 Å². The van der Waals surface area contributed by atoms with E-state index in [0.717, 1.165) is 24.8 Å². The van der Waals surface area contributed by atoms with E-state index in [1.54, 1.807) is 32.9 Å². The van der Waals surface area contributed by atoms with Crippen molar-refractivity contribution < 1.29 is 24.2 Å². The molecular formula is C28H45N3O5. The third-order valence-electron chi connectivity index (χ3n) is 5.23. The summed E-state index contributed by atoms with van der Waals surface area (Å²) in [5, 5.41) is 15.5. The zero-order valence-corrected chi connectivity index (χ0v) is 23.0. The van der Waals surface area contributed by atoms with Gasteiger partial charge in [-0.25, -0.2) is 4.79 Å². The van der Waals surface area contributed by atoms with E-state index in [2.05, 4.69) is 24.1 Å². The molecule has 0 aliphatic rings. The van der Waals surface area contributed by atoms with Gasteiger partial charge in [-0.15, -0.1) is 0 Å². The molecular weight excluding hydrogens is 458 g/mol. The minimum atomic E-state index is -1.27. The first kappa shape index (κ1) is 31.2. The largest absolute Gasteiger partial charge is 0.444 e. The second-order valence-corrected chi connectivity index (χ2v) is 11.0. The highest BCUT2D eigenvalue weighted by atomic mass is 16.6. The van der Waals surface area contributed by atoms with Crippen molar-refractivity contribution in [1.82, 2.24) is 15.5 Å². The summed E-state index contributed by atoms with van der Waals surface area (Å²) in [7, 11) is 0. The maximum atomic E-state index is 13.8. The number of rotatable bonds is 12. The first-order chi connectivity index (χ1) is 16.7. The van der Waals surface area contributed by atoms with Crippen LogP contribution in [0.4, 0.5) is 4.79 Å². The van der Waals surface area contributed by atoms with Crippen LogP contribution in [0.3, 0.4) is 0 Å². The van der Waals surface area contributed by atoms with Gasteiger partial charge in [0.15, 0.2) is 0 Å². The van der Waals surface area contributed by atoms with Crippen LogP contribution in [0.1, 0.15) is 91.3 Å². The highest BCUT2D eigenvalue weighted by Crippen LogP contribution is 2.26. The molecule has 1 aromatic carbocycles. The second-order valence-electron chi connectivity index (χ2n) is 11.0. The van der Waals surface area contributed by atoms with Gasteiger partial charge in [-0.3, -0.25) is 9.59 Å². The summed E-state index contributed by atoms with van der Waals surface area (Å²) in [5.41, 5.74) is 0.123. The zero-order chi connectivity index (χ0) is 27.5. The van der Waals surface area contributed by atoms with Gasteiger partial charge in [0.1, 0.15) is 17.7 Å². The van der Waals surface area contributed by atoms with Crippen LogP contribution < -0.4 is 10.6 Å². The number of unbranched alkanes of at least 4 members (excludes halogenated alkanes) is 3. The van der Waals surface area contributed by atoms with E-state index >= 15 is 0 Å². The normalized spacial score (nSPS) is 13.3. The molecule has 0 radical (unpaired) electrons. The molecule has 0 saturated heterocycles. The highest BCUT2D eigenvalue weighted by Gasteiger charge is 2.37. The van der Waals surface area contributed by atoms with Gasteiger partial charge >= 0.3 is 6.09 Å². The predicted molar refractivity (Wildman–Crippen MR) is 143 cm³/mol. The van der Waals surface area contributed by atoms with Crippen molar-refractivity contribution in [3.8, 4) is 0 Å². The van der Waals surface area contributed by atoms with Gasteiger partial charge in [-0.1, -0.05) is 57.0 Å². The molecule has 0 heterocycles. The van der Waals surface area contributed by atoms with E-state index in [4.69, 9.17) is 4.74 Å². The van der Waals surface area contributed by atoms with Gasteiger partial charge < -0.3 is 25.4 Å². The van der Waals surface area contributed by atoms with Crippen LogP contribution in [0.2, 0.25) is 0 Å². The number of aliphatic hydroxyl groups is 1.